The predicted molar refractivity (Wildman–Crippen MR) is 104 cm³/mol. The van der Waals surface area contributed by atoms with Crippen LogP contribution in [0.1, 0.15) is 11.1 Å². The molecule has 0 saturated carbocycles. The van der Waals surface area contributed by atoms with Gasteiger partial charge < -0.3 is 9.50 Å². The second-order valence-electron chi connectivity index (χ2n) is 5.78. The second-order valence-corrected chi connectivity index (χ2v) is 7.73. The molecule has 0 saturated heterocycles. The fourth-order valence-corrected chi connectivity index (χ4v) is 3.55. The number of nitrogens with one attached hydrogen (secondary N) is 1. The summed E-state index contributed by atoms with van der Waals surface area (Å²) in [7, 11) is -3.88. The van der Waals surface area contributed by atoms with Crippen molar-refractivity contribution in [2.45, 2.75) is 18.4 Å². The highest BCUT2D eigenvalue weighted by Crippen LogP contribution is 2.25. The summed E-state index contributed by atoms with van der Waals surface area (Å²) < 4.78 is 30.3. The molecule has 26 heavy (non-hydrogen) atoms. The van der Waals surface area contributed by atoms with Crippen LogP contribution < -0.4 is 9.50 Å². The molecule has 4 nitrogen and oxygen atoms in total. The minimum absolute atomic E-state index is 0.119. The lowest BCUT2D eigenvalue weighted by Gasteiger charge is -2.13. The van der Waals surface area contributed by atoms with E-state index in [-0.39, 0.29) is 4.90 Å². The van der Waals surface area contributed by atoms with Gasteiger partial charge in [-0.2, -0.15) is 8.42 Å². The first-order chi connectivity index (χ1) is 12.5. The van der Waals surface area contributed by atoms with Crippen LogP contribution in [0, 0.1) is 6.92 Å². The van der Waals surface area contributed by atoms with E-state index in [2.05, 4.69) is 5.32 Å². The number of hydrogen-bond acceptors (Lipinski definition) is 4. The van der Waals surface area contributed by atoms with Crippen LogP contribution >= 0.6 is 11.6 Å². The lowest BCUT2D eigenvalue weighted by atomic mass is 10.2. The smallest absolute Gasteiger partial charge is 0.339 e. The first-order valence-electron chi connectivity index (χ1n) is 8.03. The van der Waals surface area contributed by atoms with E-state index in [0.717, 1.165) is 16.8 Å². The summed E-state index contributed by atoms with van der Waals surface area (Å²) in [6.45, 7) is 2.34. The molecule has 0 spiro atoms. The van der Waals surface area contributed by atoms with E-state index in [1.54, 1.807) is 30.3 Å². The Morgan fingerprint density at radius 2 is 1.65 bits per heavy atom. The van der Waals surface area contributed by atoms with Gasteiger partial charge in [0.05, 0.1) is 0 Å². The van der Waals surface area contributed by atoms with E-state index in [1.807, 2.05) is 37.3 Å². The van der Waals surface area contributed by atoms with Gasteiger partial charge in [0.1, 0.15) is 10.6 Å². The average molecular weight is 388 g/mol. The van der Waals surface area contributed by atoms with Gasteiger partial charge in [0.15, 0.2) is 0 Å². The summed E-state index contributed by atoms with van der Waals surface area (Å²) >= 11 is 6.14. The molecule has 0 heterocycles. The van der Waals surface area contributed by atoms with E-state index in [4.69, 9.17) is 15.8 Å². The molecule has 134 valence electrons. The number of aryl methyl sites for hydroxylation is 1. The van der Waals surface area contributed by atoms with Crippen LogP contribution in [-0.4, -0.2) is 8.42 Å². The Hall–Kier alpha value is -2.50. The minimum Gasteiger partial charge on any atom is -0.381 e. The van der Waals surface area contributed by atoms with Crippen LogP contribution in [0.4, 0.5) is 5.69 Å². The third kappa shape index (κ3) is 4.36. The quantitative estimate of drug-likeness (QED) is 0.603. The van der Waals surface area contributed by atoms with Gasteiger partial charge in [0.25, 0.3) is 0 Å². The standard InChI is InChI=1S/C20H18ClNO3S/c1-15-11-12-17(13-19(15)21)22-14-16-7-5-6-10-20(16)25-26(23,24)18-8-3-2-4-9-18/h2-13,22H,14H2,1H3. The highest BCUT2D eigenvalue weighted by Gasteiger charge is 2.17. The molecule has 0 amide bonds. The Morgan fingerprint density at radius 1 is 0.962 bits per heavy atom. The minimum atomic E-state index is -3.88. The monoisotopic (exact) mass is 387 g/mol. The number of rotatable bonds is 6. The van der Waals surface area contributed by atoms with Crippen molar-refractivity contribution in [3.05, 3.63) is 88.9 Å². The molecular weight excluding hydrogens is 370 g/mol. The lowest BCUT2D eigenvalue weighted by Crippen LogP contribution is -2.11. The molecular formula is C20H18ClNO3S. The molecule has 0 unspecified atom stereocenters. The van der Waals surface area contributed by atoms with Gasteiger partial charge in [0.2, 0.25) is 0 Å². The van der Waals surface area contributed by atoms with E-state index in [9.17, 15) is 8.42 Å². The van der Waals surface area contributed by atoms with Crippen molar-refractivity contribution in [1.82, 2.24) is 0 Å². The molecule has 3 rings (SSSR count). The van der Waals surface area contributed by atoms with Gasteiger partial charge in [-0.25, -0.2) is 0 Å². The molecule has 0 atom stereocenters. The molecule has 3 aromatic rings. The van der Waals surface area contributed by atoms with Gasteiger partial charge in [0, 0.05) is 22.8 Å². The van der Waals surface area contributed by atoms with Crippen LogP contribution in [0.3, 0.4) is 0 Å². The predicted octanol–water partition coefficient (Wildman–Crippen LogP) is 5.03. The summed E-state index contributed by atoms with van der Waals surface area (Å²) in [5.41, 5.74) is 2.57. The zero-order valence-electron chi connectivity index (χ0n) is 14.1. The van der Waals surface area contributed by atoms with Crippen molar-refractivity contribution in [2.24, 2.45) is 0 Å². The molecule has 0 fully saturated rings. The van der Waals surface area contributed by atoms with Crippen molar-refractivity contribution < 1.29 is 12.6 Å². The van der Waals surface area contributed by atoms with Crippen LogP contribution in [-0.2, 0) is 16.7 Å². The molecule has 0 bridgehead atoms. The fraction of sp³-hybridized carbons (Fsp3) is 0.100. The Labute approximate surface area is 158 Å². The third-order valence-corrected chi connectivity index (χ3v) is 5.51. The Kier molecular flexibility index (Phi) is 5.49. The first-order valence-corrected chi connectivity index (χ1v) is 9.82. The number of halogens is 1. The summed E-state index contributed by atoms with van der Waals surface area (Å²) in [6, 6.07) is 20.8. The van der Waals surface area contributed by atoms with Crippen molar-refractivity contribution in [3.8, 4) is 5.75 Å². The molecule has 0 radical (unpaired) electrons. The Balaban J connectivity index is 1.79. The van der Waals surface area contributed by atoms with E-state index < -0.39 is 10.1 Å². The Morgan fingerprint density at radius 3 is 2.38 bits per heavy atom. The largest absolute Gasteiger partial charge is 0.381 e. The maximum Gasteiger partial charge on any atom is 0.339 e. The summed E-state index contributed by atoms with van der Waals surface area (Å²) in [5, 5.41) is 3.91. The van der Waals surface area contributed by atoms with Crippen LogP contribution in [0.25, 0.3) is 0 Å². The van der Waals surface area contributed by atoms with Gasteiger partial charge in [-0.15, -0.1) is 0 Å². The molecule has 0 aromatic heterocycles. The van der Waals surface area contributed by atoms with Crippen LogP contribution in [0.5, 0.6) is 5.75 Å². The zero-order valence-corrected chi connectivity index (χ0v) is 15.7. The second kappa shape index (κ2) is 7.81. The molecule has 1 N–H and O–H groups in total. The van der Waals surface area contributed by atoms with Crippen molar-refractivity contribution in [3.63, 3.8) is 0 Å². The van der Waals surface area contributed by atoms with E-state index >= 15 is 0 Å². The van der Waals surface area contributed by atoms with Gasteiger partial charge >= 0.3 is 10.1 Å². The highest BCUT2D eigenvalue weighted by molar-refractivity contribution is 7.87. The summed E-state index contributed by atoms with van der Waals surface area (Å²) in [4.78, 5) is 0.119. The molecule has 0 aliphatic heterocycles. The molecule has 6 heteroatoms. The third-order valence-electron chi connectivity index (χ3n) is 3.86. The summed E-state index contributed by atoms with van der Waals surface area (Å²) in [5.74, 6) is 0.294. The molecule has 3 aromatic carbocycles. The first kappa shape index (κ1) is 18.3. The maximum absolute atomic E-state index is 12.5. The number of anilines is 1. The van der Waals surface area contributed by atoms with Gasteiger partial charge in [-0.3, -0.25) is 0 Å². The van der Waals surface area contributed by atoms with Crippen molar-refractivity contribution in [1.29, 1.82) is 0 Å². The van der Waals surface area contributed by atoms with Crippen LogP contribution in [0.2, 0.25) is 5.02 Å². The lowest BCUT2D eigenvalue weighted by molar-refractivity contribution is 0.483. The topological polar surface area (TPSA) is 55.4 Å². The normalized spacial score (nSPS) is 11.2. The van der Waals surface area contributed by atoms with Crippen LogP contribution in [0.15, 0.2) is 77.7 Å². The number of para-hydroxylation sites is 1. The number of benzene rings is 3. The SMILES string of the molecule is Cc1ccc(NCc2ccccc2OS(=O)(=O)c2ccccc2)cc1Cl. The number of hydrogen-bond donors (Lipinski definition) is 1. The highest BCUT2D eigenvalue weighted by atomic mass is 35.5. The van der Waals surface area contributed by atoms with E-state index in [1.165, 1.54) is 12.1 Å². The van der Waals surface area contributed by atoms with E-state index in [0.29, 0.717) is 17.3 Å². The van der Waals surface area contributed by atoms with Crippen molar-refractivity contribution >= 4 is 27.4 Å². The van der Waals surface area contributed by atoms with Gasteiger partial charge in [-0.05, 0) is 42.8 Å². The maximum atomic E-state index is 12.5. The summed E-state index contributed by atoms with van der Waals surface area (Å²) in [6.07, 6.45) is 0. The zero-order chi connectivity index (χ0) is 18.6. The molecule has 0 aliphatic carbocycles. The van der Waals surface area contributed by atoms with Gasteiger partial charge in [-0.1, -0.05) is 54.1 Å². The fourth-order valence-electron chi connectivity index (χ4n) is 2.38. The average Bonchev–Trinajstić information content (AvgIpc) is 2.64. The van der Waals surface area contributed by atoms with Crippen molar-refractivity contribution in [2.75, 3.05) is 5.32 Å². The molecule has 0 aliphatic rings. The Bertz CT molecular complexity index is 1000.